The summed E-state index contributed by atoms with van der Waals surface area (Å²) in [6.45, 7) is 11.3. The van der Waals surface area contributed by atoms with Crippen molar-refractivity contribution in [2.45, 2.75) is 38.5 Å². The molecule has 156 valence electrons. The zero-order chi connectivity index (χ0) is 20.2. The molecule has 0 radical (unpaired) electrons. The maximum Gasteiger partial charge on any atom is 0.135 e. The van der Waals surface area contributed by atoms with Crippen molar-refractivity contribution in [2.24, 2.45) is 0 Å². The van der Waals surface area contributed by atoms with E-state index in [1.54, 1.807) is 18.5 Å². The molecule has 2 aliphatic rings. The van der Waals surface area contributed by atoms with Gasteiger partial charge in [-0.05, 0) is 43.0 Å². The van der Waals surface area contributed by atoms with Crippen LogP contribution in [0.5, 0.6) is 0 Å². The van der Waals surface area contributed by atoms with E-state index in [-0.39, 0.29) is 5.82 Å². The van der Waals surface area contributed by atoms with Crippen molar-refractivity contribution in [3.8, 4) is 0 Å². The highest BCUT2D eigenvalue weighted by Gasteiger charge is 2.29. The quantitative estimate of drug-likeness (QED) is 0.777. The van der Waals surface area contributed by atoms with E-state index in [9.17, 15) is 4.39 Å². The Kier molecular flexibility index (Phi) is 6.40. The fraction of sp³-hybridized carbons (Fsp3) is 0.565. The second kappa shape index (κ2) is 9.18. The van der Waals surface area contributed by atoms with Gasteiger partial charge in [0, 0.05) is 56.4 Å². The van der Waals surface area contributed by atoms with Crippen LogP contribution in [-0.4, -0.2) is 60.7 Å². The highest BCUT2D eigenvalue weighted by atomic mass is 19.1. The molecule has 2 heterocycles. The van der Waals surface area contributed by atoms with Crippen LogP contribution in [0.4, 0.5) is 10.2 Å². The maximum absolute atomic E-state index is 13.3. The zero-order valence-corrected chi connectivity index (χ0v) is 17.6. The molecular formula is C23H32FN5. The molecule has 2 aromatic rings. The summed E-state index contributed by atoms with van der Waals surface area (Å²) in [5.41, 5.74) is 3.82. The van der Waals surface area contributed by atoms with Crippen LogP contribution in [0, 0.1) is 5.82 Å². The van der Waals surface area contributed by atoms with Crippen molar-refractivity contribution in [1.29, 1.82) is 0 Å². The van der Waals surface area contributed by atoms with Crippen LogP contribution in [0.25, 0.3) is 0 Å². The van der Waals surface area contributed by atoms with Gasteiger partial charge >= 0.3 is 0 Å². The van der Waals surface area contributed by atoms with Gasteiger partial charge in [-0.1, -0.05) is 26.0 Å². The Bertz CT molecular complexity index is 801. The molecule has 1 fully saturated rings. The molecule has 2 unspecified atom stereocenters. The summed E-state index contributed by atoms with van der Waals surface area (Å²) in [6.07, 6.45) is 4.00. The minimum absolute atomic E-state index is 0.170. The Morgan fingerprint density at radius 2 is 1.90 bits per heavy atom. The summed E-state index contributed by atoms with van der Waals surface area (Å²) in [5.74, 6) is 1.91. The number of hydrogen-bond donors (Lipinski definition) is 1. The Morgan fingerprint density at radius 3 is 2.62 bits per heavy atom. The molecule has 1 N–H and O–H groups in total. The molecule has 6 heteroatoms. The molecule has 2 atom stereocenters. The van der Waals surface area contributed by atoms with Crippen molar-refractivity contribution in [3.63, 3.8) is 0 Å². The lowest BCUT2D eigenvalue weighted by molar-refractivity contribution is 0.239. The second-order valence-corrected chi connectivity index (χ2v) is 8.34. The summed E-state index contributed by atoms with van der Waals surface area (Å²) >= 11 is 0. The number of halogens is 1. The first-order chi connectivity index (χ1) is 14.2. The van der Waals surface area contributed by atoms with Gasteiger partial charge < -0.3 is 10.2 Å². The highest BCUT2D eigenvalue weighted by molar-refractivity contribution is 5.52. The molecular weight excluding hydrogens is 365 g/mol. The summed E-state index contributed by atoms with van der Waals surface area (Å²) in [6, 6.07) is 7.00. The van der Waals surface area contributed by atoms with E-state index in [0.717, 1.165) is 58.1 Å². The van der Waals surface area contributed by atoms with Crippen molar-refractivity contribution in [3.05, 3.63) is 53.2 Å². The molecule has 1 aliphatic carbocycles. The lowest BCUT2D eigenvalue weighted by Crippen LogP contribution is -2.48. The molecule has 0 spiro atoms. The number of nitrogens with one attached hydrogen (secondary N) is 1. The molecule has 1 aromatic heterocycles. The number of aryl methyl sites for hydroxylation is 1. The van der Waals surface area contributed by atoms with E-state index in [4.69, 9.17) is 0 Å². The van der Waals surface area contributed by atoms with Crippen LogP contribution in [0.15, 0.2) is 30.6 Å². The van der Waals surface area contributed by atoms with Gasteiger partial charge in [0.05, 0.1) is 0 Å². The molecule has 29 heavy (non-hydrogen) atoms. The fourth-order valence-corrected chi connectivity index (χ4v) is 4.67. The van der Waals surface area contributed by atoms with E-state index in [1.807, 2.05) is 12.1 Å². The Hall–Kier alpha value is -2.05. The van der Waals surface area contributed by atoms with Crippen LogP contribution in [-0.2, 0) is 6.42 Å². The molecule has 0 bridgehead atoms. The number of fused-ring (bicyclic) bond motifs is 1. The van der Waals surface area contributed by atoms with Crippen molar-refractivity contribution < 1.29 is 4.39 Å². The first-order valence-corrected chi connectivity index (χ1v) is 10.9. The summed E-state index contributed by atoms with van der Waals surface area (Å²) in [5, 5.41) is 3.47. The number of rotatable bonds is 7. The van der Waals surface area contributed by atoms with Gasteiger partial charge in [-0.2, -0.15) is 0 Å². The Balaban J connectivity index is 1.40. The van der Waals surface area contributed by atoms with Crippen LogP contribution < -0.4 is 10.2 Å². The molecule has 0 amide bonds. The average molecular weight is 398 g/mol. The van der Waals surface area contributed by atoms with Crippen molar-refractivity contribution in [2.75, 3.05) is 50.7 Å². The number of likely N-dealkylation sites (N-methyl/N-ethyl adjacent to an activating group) is 1. The Morgan fingerprint density at radius 1 is 1.14 bits per heavy atom. The monoisotopic (exact) mass is 397 g/mol. The minimum Gasteiger partial charge on any atom is -0.354 e. The number of anilines is 1. The highest BCUT2D eigenvalue weighted by Crippen LogP contribution is 2.37. The molecule has 4 rings (SSSR count). The smallest absolute Gasteiger partial charge is 0.135 e. The number of aromatic nitrogens is 2. The normalized spacial score (nSPS) is 20.7. The topological polar surface area (TPSA) is 44.3 Å². The van der Waals surface area contributed by atoms with Gasteiger partial charge in [0.1, 0.15) is 18.0 Å². The predicted molar refractivity (Wildman–Crippen MR) is 115 cm³/mol. The summed E-state index contributed by atoms with van der Waals surface area (Å²) in [4.78, 5) is 14.1. The molecule has 1 aliphatic heterocycles. The van der Waals surface area contributed by atoms with Gasteiger partial charge in [0.2, 0.25) is 0 Å². The maximum atomic E-state index is 13.3. The van der Waals surface area contributed by atoms with Crippen LogP contribution in [0.1, 0.15) is 48.9 Å². The first kappa shape index (κ1) is 20.2. The summed E-state index contributed by atoms with van der Waals surface area (Å²) in [7, 11) is 0. The third-order valence-corrected chi connectivity index (χ3v) is 6.38. The van der Waals surface area contributed by atoms with E-state index >= 15 is 0 Å². The largest absolute Gasteiger partial charge is 0.354 e. The third kappa shape index (κ3) is 4.59. The van der Waals surface area contributed by atoms with Crippen molar-refractivity contribution >= 4 is 5.82 Å². The van der Waals surface area contributed by atoms with Crippen LogP contribution >= 0.6 is 0 Å². The van der Waals surface area contributed by atoms with Crippen LogP contribution in [0.2, 0.25) is 0 Å². The number of nitrogens with zero attached hydrogens (tertiary/aromatic N) is 4. The summed E-state index contributed by atoms with van der Waals surface area (Å²) < 4.78 is 13.3. The first-order valence-electron chi connectivity index (χ1n) is 10.9. The SMILES string of the molecule is CCNCC(CN1CCN(c2ncnc3c2C(C)CC3)CC1)c1ccc(F)cc1. The molecule has 1 saturated heterocycles. The fourth-order valence-electron chi connectivity index (χ4n) is 4.67. The van der Waals surface area contributed by atoms with E-state index in [2.05, 4.69) is 38.9 Å². The van der Waals surface area contributed by atoms with Gasteiger partial charge in [0.25, 0.3) is 0 Å². The number of benzene rings is 1. The van der Waals surface area contributed by atoms with E-state index < -0.39 is 0 Å². The predicted octanol–water partition coefficient (Wildman–Crippen LogP) is 3.18. The lowest BCUT2D eigenvalue weighted by Gasteiger charge is -2.38. The van der Waals surface area contributed by atoms with Gasteiger partial charge in [-0.3, -0.25) is 4.90 Å². The average Bonchev–Trinajstić information content (AvgIpc) is 3.13. The van der Waals surface area contributed by atoms with Gasteiger partial charge in [-0.25, -0.2) is 14.4 Å². The number of hydrogen-bond acceptors (Lipinski definition) is 5. The zero-order valence-electron chi connectivity index (χ0n) is 17.6. The molecule has 0 saturated carbocycles. The second-order valence-electron chi connectivity index (χ2n) is 8.34. The lowest BCUT2D eigenvalue weighted by atomic mass is 9.97. The van der Waals surface area contributed by atoms with Crippen LogP contribution in [0.3, 0.4) is 0 Å². The van der Waals surface area contributed by atoms with Crippen molar-refractivity contribution in [1.82, 2.24) is 20.2 Å². The molecule has 5 nitrogen and oxygen atoms in total. The number of piperazine rings is 1. The standard InChI is InChI=1S/C23H32FN5/c1-3-25-14-19(18-5-7-20(24)8-6-18)15-28-10-12-29(13-11-28)23-22-17(2)4-9-21(22)26-16-27-23/h5-8,16-17,19,25H,3-4,9-15H2,1-2H3. The minimum atomic E-state index is -0.170. The van der Waals surface area contributed by atoms with Gasteiger partial charge in [-0.15, -0.1) is 0 Å². The third-order valence-electron chi connectivity index (χ3n) is 6.38. The van der Waals surface area contributed by atoms with E-state index in [1.165, 1.54) is 23.2 Å². The van der Waals surface area contributed by atoms with E-state index in [0.29, 0.717) is 11.8 Å². The molecule has 1 aromatic carbocycles. The van der Waals surface area contributed by atoms with Gasteiger partial charge in [0.15, 0.2) is 0 Å². The Labute approximate surface area is 173 Å².